The molecule has 0 aliphatic carbocycles. The van der Waals surface area contributed by atoms with E-state index >= 15 is 0 Å². The Balaban J connectivity index is 1.86. The van der Waals surface area contributed by atoms with Gasteiger partial charge in [-0.2, -0.15) is 10.1 Å². The molecule has 0 spiro atoms. The maximum Gasteiger partial charge on any atom is 0.231 e. The summed E-state index contributed by atoms with van der Waals surface area (Å²) in [5.41, 5.74) is 3.46. The summed E-state index contributed by atoms with van der Waals surface area (Å²) >= 11 is 0. The van der Waals surface area contributed by atoms with Crippen LogP contribution >= 0.6 is 0 Å². The molecule has 128 valence electrons. The minimum Gasteiger partial charge on any atom is -0.295 e. The van der Waals surface area contributed by atoms with Gasteiger partial charge >= 0.3 is 0 Å². The Hall–Kier alpha value is -3.61. The van der Waals surface area contributed by atoms with Crippen LogP contribution in [-0.4, -0.2) is 30.6 Å². The maximum atomic E-state index is 11.3. The fraction of sp³-hybridized carbons (Fsp3) is 0.105. The van der Waals surface area contributed by atoms with E-state index in [0.717, 1.165) is 22.2 Å². The molecule has 0 atom stereocenters. The van der Waals surface area contributed by atoms with Gasteiger partial charge in [0.1, 0.15) is 5.69 Å². The van der Waals surface area contributed by atoms with Crippen LogP contribution < -0.4 is 5.32 Å². The SMILES string of the molecule is CC(=O)Nc1ncc2c(-c3ccccc3)nn(Cc3cccnc3)c2n1. The number of aromatic nitrogens is 5. The van der Waals surface area contributed by atoms with Crippen molar-refractivity contribution in [2.45, 2.75) is 13.5 Å². The lowest BCUT2D eigenvalue weighted by Gasteiger charge is -2.04. The molecule has 4 aromatic rings. The second-order valence-corrected chi connectivity index (χ2v) is 5.85. The predicted octanol–water partition coefficient (Wildman–Crippen LogP) is 2.90. The molecule has 1 amide bonds. The Labute approximate surface area is 149 Å². The van der Waals surface area contributed by atoms with E-state index in [1.807, 2.05) is 47.1 Å². The lowest BCUT2D eigenvalue weighted by Crippen LogP contribution is -2.10. The monoisotopic (exact) mass is 344 g/mol. The average Bonchev–Trinajstić information content (AvgIpc) is 3.01. The van der Waals surface area contributed by atoms with Gasteiger partial charge in [0.05, 0.1) is 11.9 Å². The van der Waals surface area contributed by atoms with Crippen LogP contribution in [0.4, 0.5) is 5.95 Å². The van der Waals surface area contributed by atoms with Crippen LogP contribution in [0.2, 0.25) is 0 Å². The van der Waals surface area contributed by atoms with E-state index in [1.54, 1.807) is 18.6 Å². The second kappa shape index (κ2) is 6.72. The highest BCUT2D eigenvalue weighted by Gasteiger charge is 2.15. The highest BCUT2D eigenvalue weighted by Crippen LogP contribution is 2.27. The van der Waals surface area contributed by atoms with E-state index < -0.39 is 0 Å². The molecule has 0 saturated heterocycles. The number of benzene rings is 1. The zero-order chi connectivity index (χ0) is 17.9. The molecule has 4 rings (SSSR count). The van der Waals surface area contributed by atoms with Crippen molar-refractivity contribution >= 4 is 22.9 Å². The van der Waals surface area contributed by atoms with Crippen molar-refractivity contribution in [2.75, 3.05) is 5.32 Å². The Bertz CT molecular complexity index is 1060. The first-order valence-corrected chi connectivity index (χ1v) is 8.16. The van der Waals surface area contributed by atoms with Gasteiger partial charge in [0.25, 0.3) is 0 Å². The number of nitrogens with one attached hydrogen (secondary N) is 1. The number of carbonyl (C=O) groups is 1. The Morgan fingerprint density at radius 3 is 2.69 bits per heavy atom. The number of hydrogen-bond acceptors (Lipinski definition) is 5. The number of rotatable bonds is 4. The molecule has 0 fully saturated rings. The molecule has 0 bridgehead atoms. The van der Waals surface area contributed by atoms with E-state index in [2.05, 4.69) is 20.3 Å². The Kier molecular flexibility index (Phi) is 4.10. The predicted molar refractivity (Wildman–Crippen MR) is 98.4 cm³/mol. The fourth-order valence-corrected chi connectivity index (χ4v) is 2.76. The van der Waals surface area contributed by atoms with Crippen molar-refractivity contribution in [3.63, 3.8) is 0 Å². The molecule has 7 heteroatoms. The first-order valence-electron chi connectivity index (χ1n) is 8.16. The van der Waals surface area contributed by atoms with E-state index in [-0.39, 0.29) is 11.9 Å². The summed E-state index contributed by atoms with van der Waals surface area (Å²) in [6.07, 6.45) is 5.23. The molecule has 7 nitrogen and oxygen atoms in total. The van der Waals surface area contributed by atoms with Gasteiger partial charge in [-0.15, -0.1) is 0 Å². The fourth-order valence-electron chi connectivity index (χ4n) is 2.76. The largest absolute Gasteiger partial charge is 0.295 e. The summed E-state index contributed by atoms with van der Waals surface area (Å²) in [7, 11) is 0. The van der Waals surface area contributed by atoms with Crippen molar-refractivity contribution in [3.8, 4) is 11.3 Å². The molecule has 26 heavy (non-hydrogen) atoms. The number of carbonyl (C=O) groups excluding carboxylic acids is 1. The van der Waals surface area contributed by atoms with Gasteiger partial charge in [0, 0.05) is 31.1 Å². The molecule has 1 N–H and O–H groups in total. The normalized spacial score (nSPS) is 10.8. The Morgan fingerprint density at radius 2 is 1.96 bits per heavy atom. The smallest absolute Gasteiger partial charge is 0.231 e. The lowest BCUT2D eigenvalue weighted by molar-refractivity contribution is -0.114. The number of amides is 1. The van der Waals surface area contributed by atoms with Gasteiger partial charge in [0.2, 0.25) is 11.9 Å². The number of hydrogen-bond donors (Lipinski definition) is 1. The second-order valence-electron chi connectivity index (χ2n) is 5.85. The van der Waals surface area contributed by atoms with Gasteiger partial charge in [-0.1, -0.05) is 36.4 Å². The minimum atomic E-state index is -0.217. The number of fused-ring (bicyclic) bond motifs is 1. The molecule has 1 aromatic carbocycles. The average molecular weight is 344 g/mol. The zero-order valence-electron chi connectivity index (χ0n) is 14.1. The number of pyridine rings is 1. The van der Waals surface area contributed by atoms with Gasteiger partial charge in [-0.3, -0.25) is 15.1 Å². The van der Waals surface area contributed by atoms with Crippen molar-refractivity contribution in [1.82, 2.24) is 24.7 Å². The summed E-state index contributed by atoms with van der Waals surface area (Å²) < 4.78 is 1.81. The molecule has 3 aromatic heterocycles. The molecular formula is C19H16N6O. The first-order chi connectivity index (χ1) is 12.7. The van der Waals surface area contributed by atoms with Crippen LogP contribution in [-0.2, 0) is 11.3 Å². The van der Waals surface area contributed by atoms with E-state index in [1.165, 1.54) is 6.92 Å². The van der Waals surface area contributed by atoms with Gasteiger partial charge < -0.3 is 0 Å². The third-order valence-corrected chi connectivity index (χ3v) is 3.88. The van der Waals surface area contributed by atoms with Gasteiger partial charge in [-0.25, -0.2) is 9.67 Å². The molecule has 0 radical (unpaired) electrons. The quantitative estimate of drug-likeness (QED) is 0.615. The summed E-state index contributed by atoms with van der Waals surface area (Å²) in [6, 6.07) is 13.8. The molecular weight excluding hydrogens is 328 g/mol. The summed E-state index contributed by atoms with van der Waals surface area (Å²) in [4.78, 5) is 24.2. The standard InChI is InChI=1S/C19H16N6O/c1-13(26)22-19-21-11-16-17(15-7-3-2-4-8-15)24-25(18(16)23-19)12-14-6-5-9-20-10-14/h2-11H,12H2,1H3,(H,21,22,23,26). The van der Waals surface area contributed by atoms with E-state index in [4.69, 9.17) is 5.10 Å². The minimum absolute atomic E-state index is 0.217. The highest BCUT2D eigenvalue weighted by molar-refractivity contribution is 5.92. The van der Waals surface area contributed by atoms with Crippen LogP contribution in [0.15, 0.2) is 61.1 Å². The highest BCUT2D eigenvalue weighted by atomic mass is 16.1. The number of nitrogens with zero attached hydrogens (tertiary/aromatic N) is 5. The van der Waals surface area contributed by atoms with Crippen molar-refractivity contribution in [1.29, 1.82) is 0 Å². The van der Waals surface area contributed by atoms with Gasteiger partial charge in [-0.05, 0) is 11.6 Å². The Morgan fingerprint density at radius 1 is 1.12 bits per heavy atom. The maximum absolute atomic E-state index is 11.3. The molecule has 0 saturated carbocycles. The first kappa shape index (κ1) is 15.9. The lowest BCUT2D eigenvalue weighted by atomic mass is 10.1. The van der Waals surface area contributed by atoms with Crippen molar-refractivity contribution in [3.05, 3.63) is 66.6 Å². The van der Waals surface area contributed by atoms with E-state index in [9.17, 15) is 4.79 Å². The zero-order valence-corrected chi connectivity index (χ0v) is 14.1. The summed E-state index contributed by atoms with van der Waals surface area (Å²) in [5.74, 6) is 0.0444. The molecule has 3 heterocycles. The van der Waals surface area contributed by atoms with Crippen LogP contribution in [0.1, 0.15) is 12.5 Å². The summed E-state index contributed by atoms with van der Waals surface area (Å²) in [5, 5.41) is 8.20. The van der Waals surface area contributed by atoms with Crippen LogP contribution in [0.3, 0.4) is 0 Å². The summed E-state index contributed by atoms with van der Waals surface area (Å²) in [6.45, 7) is 1.95. The van der Waals surface area contributed by atoms with Crippen molar-refractivity contribution in [2.24, 2.45) is 0 Å². The molecule has 0 unspecified atom stereocenters. The number of anilines is 1. The van der Waals surface area contributed by atoms with Crippen LogP contribution in [0.5, 0.6) is 0 Å². The van der Waals surface area contributed by atoms with Crippen LogP contribution in [0, 0.1) is 0 Å². The van der Waals surface area contributed by atoms with E-state index in [0.29, 0.717) is 12.2 Å². The third-order valence-electron chi connectivity index (χ3n) is 3.88. The molecule has 0 aliphatic rings. The van der Waals surface area contributed by atoms with Crippen LogP contribution in [0.25, 0.3) is 22.3 Å². The van der Waals surface area contributed by atoms with Crippen molar-refractivity contribution < 1.29 is 4.79 Å². The van der Waals surface area contributed by atoms with Gasteiger partial charge in [0.15, 0.2) is 5.65 Å². The molecule has 0 aliphatic heterocycles. The topological polar surface area (TPSA) is 85.6 Å². The third kappa shape index (κ3) is 3.14.